The van der Waals surface area contributed by atoms with E-state index in [1.807, 2.05) is 31.5 Å². The molecule has 0 aliphatic carbocycles. The molecule has 1 atom stereocenters. The first-order valence-electron chi connectivity index (χ1n) is 4.68. The fourth-order valence-corrected chi connectivity index (χ4v) is 1.89. The van der Waals surface area contributed by atoms with E-state index in [1.165, 1.54) is 0 Å². The van der Waals surface area contributed by atoms with Gasteiger partial charge in [-0.15, -0.1) is 6.58 Å². The molecule has 0 saturated heterocycles. The molecule has 3 heteroatoms. The summed E-state index contributed by atoms with van der Waals surface area (Å²) in [7, 11) is 1.95. The third kappa shape index (κ3) is 2.93. The second kappa shape index (κ2) is 5.94. The molecule has 0 bridgehead atoms. The molecule has 1 aromatic heterocycles. The first-order chi connectivity index (χ1) is 6.79. The number of halogens is 1. The van der Waals surface area contributed by atoms with Gasteiger partial charge in [-0.25, -0.2) is 0 Å². The maximum absolute atomic E-state index is 4.36. The Morgan fingerprint density at radius 1 is 1.71 bits per heavy atom. The molecule has 0 aromatic carbocycles. The van der Waals surface area contributed by atoms with Crippen molar-refractivity contribution >= 4 is 15.9 Å². The summed E-state index contributed by atoms with van der Waals surface area (Å²) in [5, 5.41) is 3.25. The Bertz CT molecular complexity index is 299. The number of nitrogens with one attached hydrogen (secondary N) is 1. The molecule has 0 saturated carbocycles. The summed E-state index contributed by atoms with van der Waals surface area (Å²) in [4.78, 5) is 4.36. The van der Waals surface area contributed by atoms with E-state index in [1.54, 1.807) is 0 Å². The Kier molecular flexibility index (Phi) is 4.84. The van der Waals surface area contributed by atoms with Crippen molar-refractivity contribution in [1.82, 2.24) is 10.3 Å². The van der Waals surface area contributed by atoms with Crippen LogP contribution in [0.25, 0.3) is 0 Å². The van der Waals surface area contributed by atoms with Gasteiger partial charge < -0.3 is 5.32 Å². The molecular formula is C11H15BrN2. The number of pyridine rings is 1. The van der Waals surface area contributed by atoms with E-state index < -0.39 is 0 Å². The number of aromatic nitrogens is 1. The molecule has 2 nitrogen and oxygen atoms in total. The van der Waals surface area contributed by atoms with Gasteiger partial charge in [0.15, 0.2) is 0 Å². The van der Waals surface area contributed by atoms with Gasteiger partial charge in [0.2, 0.25) is 0 Å². The van der Waals surface area contributed by atoms with Crippen LogP contribution < -0.4 is 5.32 Å². The molecule has 1 rings (SSSR count). The highest BCUT2D eigenvalue weighted by Gasteiger charge is 2.12. The minimum atomic E-state index is 0.295. The minimum Gasteiger partial charge on any atom is -0.312 e. The lowest BCUT2D eigenvalue weighted by Gasteiger charge is -2.15. The van der Waals surface area contributed by atoms with Crippen molar-refractivity contribution in [2.24, 2.45) is 0 Å². The van der Waals surface area contributed by atoms with Crippen LogP contribution in [0.2, 0.25) is 0 Å². The maximum Gasteiger partial charge on any atom is 0.0714 e. The second-order valence-electron chi connectivity index (χ2n) is 3.08. The van der Waals surface area contributed by atoms with Crippen LogP contribution in [0.15, 0.2) is 35.5 Å². The lowest BCUT2D eigenvalue weighted by atomic mass is 10.1. The van der Waals surface area contributed by atoms with E-state index in [2.05, 4.69) is 32.8 Å². The van der Waals surface area contributed by atoms with Crippen molar-refractivity contribution in [3.63, 3.8) is 0 Å². The first kappa shape index (κ1) is 11.4. The molecule has 0 spiro atoms. The zero-order valence-corrected chi connectivity index (χ0v) is 9.92. The molecule has 0 radical (unpaired) electrons. The van der Waals surface area contributed by atoms with Crippen molar-refractivity contribution < 1.29 is 0 Å². The number of hydrogen-bond acceptors (Lipinski definition) is 2. The third-order valence-electron chi connectivity index (χ3n) is 2.12. The molecule has 1 N–H and O–H groups in total. The third-order valence-corrected chi connectivity index (χ3v) is 2.80. The Hall–Kier alpha value is -0.670. The molecule has 76 valence electrons. The van der Waals surface area contributed by atoms with Crippen LogP contribution in [0.3, 0.4) is 0 Å². The molecule has 0 aliphatic heterocycles. The summed E-state index contributed by atoms with van der Waals surface area (Å²) in [6.07, 6.45) is 5.77. The monoisotopic (exact) mass is 254 g/mol. The fourth-order valence-electron chi connectivity index (χ4n) is 1.36. The summed E-state index contributed by atoms with van der Waals surface area (Å²) in [5.41, 5.74) is 1.07. The van der Waals surface area contributed by atoms with Crippen LogP contribution >= 0.6 is 15.9 Å². The summed E-state index contributed by atoms with van der Waals surface area (Å²) >= 11 is 3.50. The smallest absolute Gasteiger partial charge is 0.0714 e. The van der Waals surface area contributed by atoms with Gasteiger partial charge in [0, 0.05) is 10.7 Å². The van der Waals surface area contributed by atoms with E-state index in [0.717, 1.165) is 23.0 Å². The van der Waals surface area contributed by atoms with Gasteiger partial charge in [0.1, 0.15) is 0 Å². The highest BCUT2D eigenvalue weighted by atomic mass is 79.9. The topological polar surface area (TPSA) is 24.9 Å². The summed E-state index contributed by atoms with van der Waals surface area (Å²) in [6, 6.07) is 4.23. The lowest BCUT2D eigenvalue weighted by molar-refractivity contribution is 0.538. The van der Waals surface area contributed by atoms with Crippen LogP contribution in [0.1, 0.15) is 24.6 Å². The maximum atomic E-state index is 4.36. The highest BCUT2D eigenvalue weighted by molar-refractivity contribution is 9.10. The van der Waals surface area contributed by atoms with Crippen molar-refractivity contribution in [2.45, 2.75) is 18.9 Å². The van der Waals surface area contributed by atoms with E-state index >= 15 is 0 Å². The lowest BCUT2D eigenvalue weighted by Crippen LogP contribution is -2.17. The van der Waals surface area contributed by atoms with Crippen molar-refractivity contribution in [2.75, 3.05) is 7.05 Å². The predicted molar refractivity (Wildman–Crippen MR) is 63.2 cm³/mol. The van der Waals surface area contributed by atoms with Gasteiger partial charge in [0.05, 0.1) is 11.7 Å². The average molecular weight is 255 g/mol. The summed E-state index contributed by atoms with van der Waals surface area (Å²) in [5.74, 6) is 0. The first-order valence-corrected chi connectivity index (χ1v) is 5.47. The molecule has 0 amide bonds. The Labute approximate surface area is 93.6 Å². The number of rotatable bonds is 5. The van der Waals surface area contributed by atoms with Crippen molar-refractivity contribution in [3.05, 3.63) is 41.2 Å². The Balaban J connectivity index is 2.78. The largest absolute Gasteiger partial charge is 0.312 e. The molecule has 1 unspecified atom stereocenters. The van der Waals surface area contributed by atoms with E-state index in [0.29, 0.717) is 6.04 Å². The standard InChI is InChI=1S/C11H15BrN2/c1-3-4-7-10(13-2)11-9(12)6-5-8-14-11/h3,5-6,8,10,13H,1,4,7H2,2H3. The van der Waals surface area contributed by atoms with Crippen LogP contribution in [0.5, 0.6) is 0 Å². The van der Waals surface area contributed by atoms with Crippen LogP contribution in [-0.4, -0.2) is 12.0 Å². The molecule has 14 heavy (non-hydrogen) atoms. The van der Waals surface area contributed by atoms with Gasteiger partial charge in [0.25, 0.3) is 0 Å². The molecule has 0 fully saturated rings. The predicted octanol–water partition coefficient (Wildman–Crippen LogP) is 3.07. The van der Waals surface area contributed by atoms with Gasteiger partial charge in [-0.3, -0.25) is 4.98 Å². The van der Waals surface area contributed by atoms with E-state index in [9.17, 15) is 0 Å². The summed E-state index contributed by atoms with van der Waals surface area (Å²) < 4.78 is 1.06. The normalized spacial score (nSPS) is 12.4. The molecule has 0 aliphatic rings. The second-order valence-corrected chi connectivity index (χ2v) is 3.93. The van der Waals surface area contributed by atoms with Gasteiger partial charge in [-0.2, -0.15) is 0 Å². The molecular weight excluding hydrogens is 240 g/mol. The zero-order chi connectivity index (χ0) is 10.4. The molecule has 1 heterocycles. The minimum absolute atomic E-state index is 0.295. The number of nitrogens with zero attached hydrogens (tertiary/aromatic N) is 1. The van der Waals surface area contributed by atoms with Gasteiger partial charge in [-0.05, 0) is 48.0 Å². The van der Waals surface area contributed by atoms with Crippen LogP contribution in [0, 0.1) is 0 Å². The van der Waals surface area contributed by atoms with Gasteiger partial charge in [-0.1, -0.05) is 6.08 Å². The summed E-state index contributed by atoms with van der Waals surface area (Å²) in [6.45, 7) is 3.72. The highest BCUT2D eigenvalue weighted by Crippen LogP contribution is 2.23. The number of allylic oxidation sites excluding steroid dienone is 1. The van der Waals surface area contributed by atoms with E-state index in [4.69, 9.17) is 0 Å². The van der Waals surface area contributed by atoms with E-state index in [-0.39, 0.29) is 0 Å². The SMILES string of the molecule is C=CCCC(NC)c1ncccc1Br. The van der Waals surface area contributed by atoms with Crippen molar-refractivity contribution in [3.8, 4) is 0 Å². The van der Waals surface area contributed by atoms with Gasteiger partial charge >= 0.3 is 0 Å². The van der Waals surface area contributed by atoms with Crippen LogP contribution in [0.4, 0.5) is 0 Å². The molecule has 1 aromatic rings. The quantitative estimate of drug-likeness (QED) is 0.818. The Morgan fingerprint density at radius 2 is 2.50 bits per heavy atom. The zero-order valence-electron chi connectivity index (χ0n) is 8.33. The Morgan fingerprint density at radius 3 is 3.07 bits per heavy atom. The van der Waals surface area contributed by atoms with Crippen LogP contribution in [-0.2, 0) is 0 Å². The number of hydrogen-bond donors (Lipinski definition) is 1. The average Bonchev–Trinajstić information content (AvgIpc) is 2.21. The van der Waals surface area contributed by atoms with Crippen molar-refractivity contribution in [1.29, 1.82) is 0 Å². The fraction of sp³-hybridized carbons (Fsp3) is 0.364.